The van der Waals surface area contributed by atoms with Crippen LogP contribution in [0.15, 0.2) is 130 Å². The van der Waals surface area contributed by atoms with Crippen molar-refractivity contribution in [1.82, 2.24) is 0 Å². The number of aliphatic carboxylic acids is 3. The fourth-order valence-electron chi connectivity index (χ4n) is 7.93. The van der Waals surface area contributed by atoms with Gasteiger partial charge < -0.3 is 35.0 Å². The molecule has 0 heterocycles. The van der Waals surface area contributed by atoms with E-state index in [0.717, 1.165) is 59.5 Å². The number of carboxylic acid groups (broad SMARTS) is 3. The molecular weight excluding hydrogens is 901 g/mol. The van der Waals surface area contributed by atoms with Crippen molar-refractivity contribution in [1.29, 1.82) is 0 Å². The van der Waals surface area contributed by atoms with Gasteiger partial charge in [0, 0.05) is 18.8 Å². The lowest BCUT2D eigenvalue weighted by atomic mass is 9.68. The maximum absolute atomic E-state index is 13.2. The number of methoxy groups -OCH3 is 1. The van der Waals surface area contributed by atoms with Crippen LogP contribution in [0.5, 0.6) is 0 Å². The molecule has 15 nitrogen and oxygen atoms in total. The second kappa shape index (κ2) is 27.0. The fourth-order valence-corrected chi connectivity index (χ4v) is 7.93. The number of ketones is 3. The molecule has 2 aliphatic carbocycles. The summed E-state index contributed by atoms with van der Waals surface area (Å²) in [5.41, 5.74) is 1.49. The number of rotatable bonds is 21. The van der Waals surface area contributed by atoms with E-state index in [2.05, 4.69) is 36.8 Å². The van der Waals surface area contributed by atoms with Crippen molar-refractivity contribution in [3.63, 3.8) is 0 Å². The van der Waals surface area contributed by atoms with Gasteiger partial charge in [0.15, 0.2) is 28.9 Å². The first-order chi connectivity index (χ1) is 32.2. The highest BCUT2D eigenvalue weighted by atomic mass is 16.5. The number of aliphatic hydroxyl groups is 2. The molecule has 382 valence electrons. The highest BCUT2D eigenvalue weighted by molar-refractivity contribution is 6.02. The highest BCUT2D eigenvalue weighted by Crippen LogP contribution is 2.43. The van der Waals surface area contributed by atoms with E-state index in [1.165, 1.54) is 0 Å². The Balaban J connectivity index is 0.00000151. The number of hydrogen-bond acceptors (Lipinski definition) is 12. The lowest BCUT2D eigenvalue weighted by Gasteiger charge is -2.36. The number of carbonyl (C=O) groups excluding carboxylic acids is 5. The summed E-state index contributed by atoms with van der Waals surface area (Å²) < 4.78 is 9.48. The van der Waals surface area contributed by atoms with Gasteiger partial charge in [-0.3, -0.25) is 28.8 Å². The Kier molecular flexibility index (Phi) is 23.7. The van der Waals surface area contributed by atoms with Crippen molar-refractivity contribution in [3.8, 4) is 0 Å². The molecule has 4 unspecified atom stereocenters. The van der Waals surface area contributed by atoms with Crippen LogP contribution in [0.2, 0.25) is 0 Å². The minimum absolute atomic E-state index is 0.0296. The van der Waals surface area contributed by atoms with Crippen LogP contribution < -0.4 is 0 Å². The zero-order valence-electron chi connectivity index (χ0n) is 42.8. The van der Waals surface area contributed by atoms with Crippen LogP contribution in [0.1, 0.15) is 122 Å². The standard InChI is InChI=1S/C47H60O9.C8H12O6/c1-30(18-14-20-32(3)22-24-37-35(6)42(51)34(5)26-45(37,8)9)16-12-13-17-31(2)19-15-21-33(4)23-25-38-36(7)43(52)39(27-46(38,10)11)56-41(50)29-47(55,44(53)54)28-40(48)49;1-5(9)3-8(13,7(11)12)4-6(10)14-2/h12-25,34,39,55H,26-29H2,1-11H3,(H,48,49)(H,53,54);13H,3-4H2,1-2H3,(H,11,12)/b13-12+,18-14+,19-15+,24-22+,25-23+,30-16+,31-17+,32-20+,33-21+;. The predicted molar refractivity (Wildman–Crippen MR) is 266 cm³/mol. The van der Waals surface area contributed by atoms with Gasteiger partial charge in [0.25, 0.3) is 0 Å². The molecule has 0 saturated carbocycles. The van der Waals surface area contributed by atoms with Crippen molar-refractivity contribution in [2.24, 2.45) is 16.7 Å². The molecule has 0 saturated heterocycles. The average Bonchev–Trinajstić information content (AvgIpc) is 3.22. The van der Waals surface area contributed by atoms with Gasteiger partial charge in [-0.1, -0.05) is 142 Å². The Morgan fingerprint density at radius 2 is 0.971 bits per heavy atom. The highest BCUT2D eigenvalue weighted by Gasteiger charge is 2.45. The summed E-state index contributed by atoms with van der Waals surface area (Å²) in [6.07, 6.45) is 24.1. The number of carbonyl (C=O) groups is 8. The molecule has 2 rings (SSSR count). The third kappa shape index (κ3) is 19.8. The zero-order valence-corrected chi connectivity index (χ0v) is 42.8. The molecule has 0 aromatic rings. The summed E-state index contributed by atoms with van der Waals surface area (Å²) in [6, 6.07) is 0. The molecule has 0 spiro atoms. The van der Waals surface area contributed by atoms with Crippen LogP contribution in [0.3, 0.4) is 0 Å². The Bertz CT molecular complexity index is 2380. The quantitative estimate of drug-likeness (QED) is 0.0532. The normalized spacial score (nSPS) is 21.0. The summed E-state index contributed by atoms with van der Waals surface area (Å²) in [6.45, 7) is 22.9. The minimum atomic E-state index is -2.85. The Morgan fingerprint density at radius 1 is 0.586 bits per heavy atom. The molecule has 0 bridgehead atoms. The van der Waals surface area contributed by atoms with Gasteiger partial charge in [0.1, 0.15) is 5.78 Å². The fraction of sp³-hybridized carbons (Fsp3) is 0.455. The summed E-state index contributed by atoms with van der Waals surface area (Å²) in [7, 11) is 1.07. The maximum Gasteiger partial charge on any atom is 0.336 e. The third-order valence-corrected chi connectivity index (χ3v) is 11.7. The van der Waals surface area contributed by atoms with Gasteiger partial charge in [-0.15, -0.1) is 0 Å². The van der Waals surface area contributed by atoms with Crippen molar-refractivity contribution in [3.05, 3.63) is 130 Å². The smallest absolute Gasteiger partial charge is 0.336 e. The lowest BCUT2D eigenvalue weighted by molar-refractivity contribution is -0.174. The first kappa shape index (κ1) is 61.4. The number of ether oxygens (including phenoxy) is 2. The molecule has 2 aliphatic rings. The van der Waals surface area contributed by atoms with Gasteiger partial charge >= 0.3 is 29.8 Å². The molecule has 5 N–H and O–H groups in total. The molecule has 4 atom stereocenters. The van der Waals surface area contributed by atoms with E-state index in [1.54, 1.807) is 6.92 Å². The minimum Gasteiger partial charge on any atom is -0.481 e. The summed E-state index contributed by atoms with van der Waals surface area (Å²) in [4.78, 5) is 92.6. The monoisotopic (exact) mass is 972 g/mol. The third-order valence-electron chi connectivity index (χ3n) is 11.7. The largest absolute Gasteiger partial charge is 0.481 e. The Morgan fingerprint density at radius 3 is 1.39 bits per heavy atom. The molecular formula is C55H72O15. The van der Waals surface area contributed by atoms with E-state index < -0.39 is 89.8 Å². The number of Topliss-reactive ketones (excluding diaryl/α,β-unsaturated/α-hetero) is 3. The van der Waals surface area contributed by atoms with Crippen LogP contribution in [0.4, 0.5) is 0 Å². The molecule has 0 aromatic carbocycles. The van der Waals surface area contributed by atoms with Crippen LogP contribution >= 0.6 is 0 Å². The number of allylic oxidation sites excluding steroid dienone is 21. The second-order valence-corrected chi connectivity index (χ2v) is 19.3. The maximum atomic E-state index is 13.2. The van der Waals surface area contributed by atoms with Gasteiger partial charge in [0.05, 0.1) is 26.4 Å². The van der Waals surface area contributed by atoms with E-state index in [-0.39, 0.29) is 23.5 Å². The van der Waals surface area contributed by atoms with Crippen molar-refractivity contribution in [2.75, 3.05) is 7.11 Å². The lowest BCUT2D eigenvalue weighted by Crippen LogP contribution is -2.45. The zero-order chi connectivity index (χ0) is 53.9. The Labute approximate surface area is 411 Å². The second-order valence-electron chi connectivity index (χ2n) is 19.3. The SMILES string of the molecule is CC1=C(/C=C/C(C)=C/C=C/C(C)=C/C=C/C=C(C)/C=C/C=C(C)/C=C/C2=C(C)C(=O)C(OC(=O)CC(O)(CC(=O)O)C(=O)O)CC2(C)C)C(C)(C)CC(C)C1=O.COC(=O)CC(O)(CC(C)=O)C(=O)O. The van der Waals surface area contributed by atoms with Crippen molar-refractivity contribution >= 4 is 47.2 Å². The van der Waals surface area contributed by atoms with E-state index in [0.29, 0.717) is 5.57 Å². The van der Waals surface area contributed by atoms with Gasteiger partial charge in [0.2, 0.25) is 0 Å². The van der Waals surface area contributed by atoms with Crippen LogP contribution in [0, 0.1) is 16.7 Å². The molecule has 0 amide bonds. The first-order valence-corrected chi connectivity index (χ1v) is 22.7. The number of hydrogen-bond donors (Lipinski definition) is 5. The van der Waals surface area contributed by atoms with Gasteiger partial charge in [-0.05, 0) is 88.0 Å². The number of esters is 2. The molecule has 70 heavy (non-hydrogen) atoms. The molecule has 0 fully saturated rings. The van der Waals surface area contributed by atoms with E-state index in [1.807, 2.05) is 122 Å². The summed E-state index contributed by atoms with van der Waals surface area (Å²) >= 11 is 0. The van der Waals surface area contributed by atoms with E-state index in [4.69, 9.17) is 14.9 Å². The van der Waals surface area contributed by atoms with Crippen LogP contribution in [-0.2, 0) is 47.8 Å². The molecule has 0 aliphatic heterocycles. The predicted octanol–water partition coefficient (Wildman–Crippen LogP) is 8.76. The van der Waals surface area contributed by atoms with Gasteiger partial charge in [-0.2, -0.15) is 0 Å². The van der Waals surface area contributed by atoms with Crippen molar-refractivity contribution < 1.29 is 73.4 Å². The first-order valence-electron chi connectivity index (χ1n) is 22.7. The summed E-state index contributed by atoms with van der Waals surface area (Å²) in [5.74, 6) is -7.78. The summed E-state index contributed by atoms with van der Waals surface area (Å²) in [5, 5.41) is 46.4. The van der Waals surface area contributed by atoms with Crippen LogP contribution in [-0.4, -0.2) is 97.1 Å². The molecule has 0 aromatic heterocycles. The average molecular weight is 973 g/mol. The molecule has 15 heteroatoms. The van der Waals surface area contributed by atoms with E-state index in [9.17, 15) is 53.7 Å². The van der Waals surface area contributed by atoms with E-state index >= 15 is 0 Å². The number of carboxylic acids is 3. The Hall–Kier alpha value is -6.58. The molecule has 0 radical (unpaired) electrons. The topological polar surface area (TPSA) is 256 Å². The van der Waals surface area contributed by atoms with Crippen molar-refractivity contribution in [2.45, 2.75) is 139 Å². The van der Waals surface area contributed by atoms with Gasteiger partial charge in [-0.25, -0.2) is 9.59 Å². The van der Waals surface area contributed by atoms with Crippen LogP contribution in [0.25, 0.3) is 0 Å².